The van der Waals surface area contributed by atoms with E-state index < -0.39 is 17.8 Å². The van der Waals surface area contributed by atoms with Crippen LogP contribution < -0.4 is 4.74 Å². The van der Waals surface area contributed by atoms with E-state index >= 15 is 0 Å². The minimum Gasteiger partial charge on any atom is -0.497 e. The molecule has 0 saturated carbocycles. The van der Waals surface area contributed by atoms with Gasteiger partial charge in [0.2, 0.25) is 6.04 Å². The van der Waals surface area contributed by atoms with Crippen LogP contribution in [-0.4, -0.2) is 35.8 Å². The molecule has 0 heterocycles. The number of carbonyl (C=O) groups excluding carboxylic acids is 2. The van der Waals surface area contributed by atoms with Gasteiger partial charge < -0.3 is 9.84 Å². The Morgan fingerprint density at radius 1 is 1.12 bits per heavy atom. The molecule has 1 N–H and O–H groups in total. The molecule has 1 atom stereocenters. The summed E-state index contributed by atoms with van der Waals surface area (Å²) in [4.78, 5) is 35.1. The fourth-order valence-corrected chi connectivity index (χ4v) is 2.27. The van der Waals surface area contributed by atoms with E-state index in [1.165, 1.54) is 25.3 Å². The van der Waals surface area contributed by atoms with Gasteiger partial charge in [0.1, 0.15) is 5.75 Å². The highest BCUT2D eigenvalue weighted by Gasteiger charge is 2.22. The van der Waals surface area contributed by atoms with E-state index in [4.69, 9.17) is 21.4 Å². The first kappa shape index (κ1) is 19.3. The van der Waals surface area contributed by atoms with Crippen molar-refractivity contribution in [2.45, 2.75) is 13.0 Å². The van der Waals surface area contributed by atoms with Crippen molar-refractivity contribution in [1.82, 2.24) is 0 Å². The molecule has 0 fully saturated rings. The quantitative estimate of drug-likeness (QED) is 0.452. The highest BCUT2D eigenvalue weighted by molar-refractivity contribution is 6.31. The molecule has 2 rings (SSSR count). The lowest BCUT2D eigenvalue weighted by Crippen LogP contribution is -2.25. The molecule has 0 saturated heterocycles. The summed E-state index contributed by atoms with van der Waals surface area (Å²) in [5.41, 5.74) is 0.618. The Morgan fingerprint density at radius 2 is 1.77 bits per heavy atom. The lowest BCUT2D eigenvalue weighted by Gasteiger charge is -2.07. The number of hydrogen-bond donors (Lipinski definition) is 1. The number of benzene rings is 2. The van der Waals surface area contributed by atoms with Crippen LogP contribution in [0.5, 0.6) is 5.75 Å². The summed E-state index contributed by atoms with van der Waals surface area (Å²) in [6.45, 7) is 1.10. The molecule has 2 aromatic carbocycles. The number of Topliss-reactive ketones (excluding diaryl/α,β-unsaturated/α-hetero) is 1. The van der Waals surface area contributed by atoms with Gasteiger partial charge in [0, 0.05) is 10.6 Å². The third-order valence-corrected chi connectivity index (χ3v) is 3.69. The smallest absolute Gasteiger partial charge is 0.338 e. The van der Waals surface area contributed by atoms with Crippen LogP contribution in [0.1, 0.15) is 22.8 Å². The summed E-state index contributed by atoms with van der Waals surface area (Å²) in [6, 6.07) is 9.13. The number of ether oxygens (including phenoxy) is 1. The van der Waals surface area contributed by atoms with Crippen LogP contribution in [0.15, 0.2) is 52.7 Å². The molecule has 0 radical (unpaired) electrons. The van der Waals surface area contributed by atoms with Gasteiger partial charge in [0.15, 0.2) is 11.6 Å². The zero-order valence-corrected chi connectivity index (χ0v) is 14.7. The Kier molecular flexibility index (Phi) is 6.19. The molecule has 0 amide bonds. The van der Waals surface area contributed by atoms with Gasteiger partial charge in [0.25, 0.3) is 0 Å². The van der Waals surface area contributed by atoms with E-state index in [0.29, 0.717) is 16.3 Å². The largest absolute Gasteiger partial charge is 0.497 e. The summed E-state index contributed by atoms with van der Waals surface area (Å²) in [5, 5.41) is 16.6. The first-order valence-corrected chi connectivity index (χ1v) is 7.83. The summed E-state index contributed by atoms with van der Waals surface area (Å²) in [7, 11) is 1.51. The van der Waals surface area contributed by atoms with E-state index in [0.717, 1.165) is 6.92 Å². The van der Waals surface area contributed by atoms with E-state index in [-0.39, 0.29) is 17.0 Å². The molecule has 134 valence electrons. The number of carboxylic acids is 1. The molecular formula is C18H15ClN2O5. The molecule has 26 heavy (non-hydrogen) atoms. The van der Waals surface area contributed by atoms with E-state index in [9.17, 15) is 14.4 Å². The van der Waals surface area contributed by atoms with Gasteiger partial charge in [-0.3, -0.25) is 9.59 Å². The van der Waals surface area contributed by atoms with Gasteiger partial charge in [-0.05, 0) is 49.4 Å². The molecule has 1 unspecified atom stereocenters. The van der Waals surface area contributed by atoms with Crippen LogP contribution in [0.4, 0.5) is 5.69 Å². The number of methoxy groups -OCH3 is 1. The Bertz CT molecular complexity index is 864. The highest BCUT2D eigenvalue weighted by Crippen LogP contribution is 2.27. The number of carbonyl (C=O) groups is 3. The van der Waals surface area contributed by atoms with Crippen molar-refractivity contribution in [2.75, 3.05) is 7.11 Å². The molecule has 0 aliphatic heterocycles. The molecule has 7 nitrogen and oxygen atoms in total. The maximum Gasteiger partial charge on any atom is 0.338 e. The highest BCUT2D eigenvalue weighted by atomic mass is 35.5. The first-order valence-electron chi connectivity index (χ1n) is 7.46. The fraction of sp³-hybridized carbons (Fsp3) is 0.167. The van der Waals surface area contributed by atoms with Crippen molar-refractivity contribution in [3.05, 3.63) is 58.6 Å². The van der Waals surface area contributed by atoms with Crippen molar-refractivity contribution in [3.63, 3.8) is 0 Å². The molecule has 0 bridgehead atoms. The average molecular weight is 375 g/mol. The van der Waals surface area contributed by atoms with E-state index in [1.807, 2.05) is 0 Å². The number of halogens is 1. The van der Waals surface area contributed by atoms with E-state index in [1.54, 1.807) is 24.3 Å². The van der Waals surface area contributed by atoms with Gasteiger partial charge in [-0.1, -0.05) is 11.6 Å². The van der Waals surface area contributed by atoms with Gasteiger partial charge in [0.05, 0.1) is 18.4 Å². The zero-order valence-electron chi connectivity index (χ0n) is 14.0. The monoisotopic (exact) mass is 374 g/mol. The lowest BCUT2D eigenvalue weighted by atomic mass is 10.0. The Hall–Kier alpha value is -3.06. The van der Waals surface area contributed by atoms with Crippen LogP contribution >= 0.6 is 11.6 Å². The summed E-state index contributed by atoms with van der Waals surface area (Å²) in [5.74, 6) is -1.87. The Morgan fingerprint density at radius 3 is 2.31 bits per heavy atom. The van der Waals surface area contributed by atoms with Crippen LogP contribution in [0.3, 0.4) is 0 Å². The molecule has 0 aliphatic carbocycles. The second kappa shape index (κ2) is 8.35. The maximum absolute atomic E-state index is 12.7. The molecule has 2 aromatic rings. The number of hydrogen-bond acceptors (Lipinski definition) is 6. The first-order chi connectivity index (χ1) is 12.3. The van der Waals surface area contributed by atoms with Crippen molar-refractivity contribution >= 4 is 34.8 Å². The summed E-state index contributed by atoms with van der Waals surface area (Å²) >= 11 is 5.97. The van der Waals surface area contributed by atoms with Gasteiger partial charge >= 0.3 is 5.97 Å². The minimum atomic E-state index is -1.63. The minimum absolute atomic E-state index is 0.114. The molecular weight excluding hydrogens is 360 g/mol. The molecule has 0 aromatic heterocycles. The van der Waals surface area contributed by atoms with Gasteiger partial charge in [-0.2, -0.15) is 10.2 Å². The van der Waals surface area contributed by atoms with Crippen molar-refractivity contribution in [3.8, 4) is 5.75 Å². The molecule has 0 aliphatic rings. The predicted octanol–water partition coefficient (Wildman–Crippen LogP) is 3.71. The van der Waals surface area contributed by atoms with Crippen molar-refractivity contribution in [1.29, 1.82) is 0 Å². The van der Waals surface area contributed by atoms with Gasteiger partial charge in [-0.25, -0.2) is 4.79 Å². The molecule has 8 heteroatoms. The zero-order chi connectivity index (χ0) is 19.3. The maximum atomic E-state index is 12.7. The number of carboxylic acid groups (broad SMARTS) is 1. The average Bonchev–Trinajstić information content (AvgIpc) is 2.61. The fourth-order valence-electron chi connectivity index (χ4n) is 2.10. The number of ketones is 2. The topological polar surface area (TPSA) is 105 Å². The van der Waals surface area contributed by atoms with Crippen LogP contribution in [-0.2, 0) is 9.59 Å². The van der Waals surface area contributed by atoms with Crippen molar-refractivity contribution < 1.29 is 24.2 Å². The van der Waals surface area contributed by atoms with Crippen LogP contribution in [0.2, 0.25) is 5.02 Å². The van der Waals surface area contributed by atoms with Gasteiger partial charge in [-0.15, -0.1) is 0 Å². The number of aliphatic carboxylic acids is 1. The van der Waals surface area contributed by atoms with E-state index in [2.05, 4.69) is 10.2 Å². The second-order valence-electron chi connectivity index (χ2n) is 5.29. The second-order valence-corrected chi connectivity index (χ2v) is 5.72. The lowest BCUT2D eigenvalue weighted by molar-refractivity contribution is -0.141. The predicted molar refractivity (Wildman–Crippen MR) is 94.5 cm³/mol. The third kappa shape index (κ3) is 4.52. The number of rotatable bonds is 7. The SMILES string of the molecule is COc1ccc(C(=O)c2cc(Cl)ccc2N=NC(C(C)=O)C(=O)O)cc1. The summed E-state index contributed by atoms with van der Waals surface area (Å²) in [6.07, 6.45) is 0. The summed E-state index contributed by atoms with van der Waals surface area (Å²) < 4.78 is 5.05. The Labute approximate surface area is 154 Å². The van der Waals surface area contributed by atoms with Crippen LogP contribution in [0, 0.1) is 0 Å². The van der Waals surface area contributed by atoms with Crippen LogP contribution in [0.25, 0.3) is 0 Å². The number of azo groups is 1. The Balaban J connectivity index is 2.42. The standard InChI is InChI=1S/C18H15ClN2O5/c1-10(22)16(18(24)25)21-20-15-8-5-12(19)9-14(15)17(23)11-3-6-13(26-2)7-4-11/h3-9,16H,1-2H3,(H,24,25). The normalized spacial score (nSPS) is 12.0. The number of nitrogens with zero attached hydrogens (tertiary/aromatic N) is 2. The third-order valence-electron chi connectivity index (χ3n) is 3.46. The molecule has 0 spiro atoms. The van der Waals surface area contributed by atoms with Crippen molar-refractivity contribution in [2.24, 2.45) is 10.2 Å².